The molecule has 1 atom stereocenters. The second-order valence-electron chi connectivity index (χ2n) is 5.06. The summed E-state index contributed by atoms with van der Waals surface area (Å²) in [4.78, 5) is 2.75. The van der Waals surface area contributed by atoms with Gasteiger partial charge >= 0.3 is 0 Å². The molecule has 2 aromatic carbocycles. The third-order valence-electron chi connectivity index (χ3n) is 3.39. The van der Waals surface area contributed by atoms with E-state index < -0.39 is 0 Å². The molecule has 0 spiro atoms. The fourth-order valence-corrected chi connectivity index (χ4v) is 3.26. The maximum Gasteiger partial charge on any atom is 0.0121 e. The van der Waals surface area contributed by atoms with Crippen molar-refractivity contribution in [1.29, 1.82) is 0 Å². The minimum atomic E-state index is 0.447. The zero-order chi connectivity index (χ0) is 14.4. The third-order valence-corrected chi connectivity index (χ3v) is 4.65. The van der Waals surface area contributed by atoms with Gasteiger partial charge in [0.15, 0.2) is 0 Å². The molecular weight excluding hydrogens is 260 g/mol. The van der Waals surface area contributed by atoms with E-state index in [0.717, 1.165) is 6.42 Å². The Kier molecular flexibility index (Phi) is 5.49. The van der Waals surface area contributed by atoms with Crippen LogP contribution in [0.1, 0.15) is 37.3 Å². The Bertz CT molecular complexity index is 552. The summed E-state index contributed by atoms with van der Waals surface area (Å²) >= 11 is 1.89. The Morgan fingerprint density at radius 3 is 2.30 bits per heavy atom. The second kappa shape index (κ2) is 7.35. The Morgan fingerprint density at radius 1 is 1.05 bits per heavy atom. The highest BCUT2D eigenvalue weighted by molar-refractivity contribution is 8.03. The van der Waals surface area contributed by atoms with E-state index in [0.29, 0.717) is 5.92 Å². The van der Waals surface area contributed by atoms with Crippen LogP contribution in [0.4, 0.5) is 0 Å². The summed E-state index contributed by atoms with van der Waals surface area (Å²) in [6, 6.07) is 19.5. The van der Waals surface area contributed by atoms with Crippen LogP contribution in [-0.4, -0.2) is 0 Å². The van der Waals surface area contributed by atoms with E-state index in [-0.39, 0.29) is 0 Å². The number of hydrogen-bond acceptors (Lipinski definition) is 1. The molecule has 2 aromatic rings. The van der Waals surface area contributed by atoms with Crippen molar-refractivity contribution in [2.45, 2.75) is 38.0 Å². The van der Waals surface area contributed by atoms with Gasteiger partial charge in [0.1, 0.15) is 0 Å². The van der Waals surface area contributed by atoms with Gasteiger partial charge in [-0.05, 0) is 35.9 Å². The van der Waals surface area contributed by atoms with Gasteiger partial charge in [-0.2, -0.15) is 0 Å². The molecule has 0 radical (unpaired) electrons. The molecule has 0 fully saturated rings. The van der Waals surface area contributed by atoms with E-state index in [2.05, 4.69) is 81.4 Å². The minimum Gasteiger partial charge on any atom is -0.0943 e. The summed E-state index contributed by atoms with van der Waals surface area (Å²) < 4.78 is 0. The first-order chi connectivity index (χ1) is 9.70. The molecule has 0 bridgehead atoms. The van der Waals surface area contributed by atoms with Crippen LogP contribution in [0.25, 0.3) is 0 Å². The summed E-state index contributed by atoms with van der Waals surface area (Å²) in [5, 5.41) is 0. The molecule has 0 amide bonds. The first-order valence-electron chi connectivity index (χ1n) is 7.20. The Hall–Kier alpha value is -1.47. The third kappa shape index (κ3) is 4.01. The van der Waals surface area contributed by atoms with Crippen LogP contribution >= 0.6 is 11.8 Å². The topological polar surface area (TPSA) is 0 Å². The molecule has 0 unspecified atom stereocenters. The predicted octanol–water partition coefficient (Wildman–Crippen LogP) is 6.18. The molecular formula is C19H22S. The lowest BCUT2D eigenvalue weighted by molar-refractivity contribution is 0.939. The van der Waals surface area contributed by atoms with Crippen molar-refractivity contribution < 1.29 is 0 Å². The van der Waals surface area contributed by atoms with Crippen molar-refractivity contribution >= 4 is 11.8 Å². The average molecular weight is 282 g/mol. The van der Waals surface area contributed by atoms with Gasteiger partial charge in [-0.25, -0.2) is 0 Å². The van der Waals surface area contributed by atoms with Crippen LogP contribution in [0.5, 0.6) is 0 Å². The average Bonchev–Trinajstić information content (AvgIpc) is 2.49. The molecule has 0 aliphatic heterocycles. The van der Waals surface area contributed by atoms with E-state index in [9.17, 15) is 0 Å². The lowest BCUT2D eigenvalue weighted by atomic mass is 10.0. The van der Waals surface area contributed by atoms with Gasteiger partial charge in [0.05, 0.1) is 0 Å². The zero-order valence-electron chi connectivity index (χ0n) is 12.5. The van der Waals surface area contributed by atoms with Crippen molar-refractivity contribution in [3.63, 3.8) is 0 Å². The molecule has 0 aromatic heterocycles. The largest absolute Gasteiger partial charge is 0.0943 e. The molecule has 104 valence electrons. The minimum absolute atomic E-state index is 0.447. The van der Waals surface area contributed by atoms with Gasteiger partial charge in [-0.1, -0.05) is 79.7 Å². The molecule has 0 N–H and O–H groups in total. The molecule has 0 heterocycles. The van der Waals surface area contributed by atoms with Crippen LogP contribution in [0.15, 0.2) is 70.5 Å². The molecule has 0 saturated carbocycles. The van der Waals surface area contributed by atoms with Crippen LogP contribution in [0, 0.1) is 6.92 Å². The number of aryl methyl sites for hydroxylation is 1. The maximum absolute atomic E-state index is 2.35. The number of thioether (sulfide) groups is 1. The quantitative estimate of drug-likeness (QED) is 0.590. The Balaban J connectivity index is 2.19. The smallest absolute Gasteiger partial charge is 0.0121 e. The monoisotopic (exact) mass is 282 g/mol. The lowest BCUT2D eigenvalue weighted by Gasteiger charge is -2.16. The molecule has 0 nitrogen and oxygen atoms in total. The number of benzene rings is 2. The Morgan fingerprint density at radius 2 is 1.70 bits per heavy atom. The zero-order valence-corrected chi connectivity index (χ0v) is 13.3. The van der Waals surface area contributed by atoms with E-state index in [1.807, 2.05) is 11.8 Å². The number of rotatable bonds is 5. The predicted molar refractivity (Wildman–Crippen MR) is 90.3 cm³/mol. The summed E-state index contributed by atoms with van der Waals surface area (Å²) in [6.07, 6.45) is 3.42. The van der Waals surface area contributed by atoms with Gasteiger partial charge < -0.3 is 0 Å². The maximum atomic E-state index is 2.35. The van der Waals surface area contributed by atoms with E-state index in [1.54, 1.807) is 0 Å². The number of hydrogen-bond donors (Lipinski definition) is 0. The van der Waals surface area contributed by atoms with Crippen LogP contribution in [0.2, 0.25) is 0 Å². The van der Waals surface area contributed by atoms with Gasteiger partial charge in [0, 0.05) is 10.8 Å². The lowest BCUT2D eigenvalue weighted by Crippen LogP contribution is -1.95. The van der Waals surface area contributed by atoms with E-state index in [4.69, 9.17) is 0 Å². The van der Waals surface area contributed by atoms with Crippen LogP contribution in [-0.2, 0) is 0 Å². The van der Waals surface area contributed by atoms with Crippen molar-refractivity contribution in [3.05, 3.63) is 76.7 Å². The summed E-state index contributed by atoms with van der Waals surface area (Å²) in [6.45, 7) is 6.62. The van der Waals surface area contributed by atoms with Crippen molar-refractivity contribution in [2.75, 3.05) is 0 Å². The first-order valence-corrected chi connectivity index (χ1v) is 8.02. The fraction of sp³-hybridized carbons (Fsp3) is 0.263. The Labute approximate surface area is 126 Å². The van der Waals surface area contributed by atoms with Crippen molar-refractivity contribution in [3.8, 4) is 0 Å². The fourth-order valence-electron chi connectivity index (χ4n) is 2.16. The molecule has 2 rings (SSSR count). The van der Waals surface area contributed by atoms with Crippen LogP contribution < -0.4 is 0 Å². The normalized spacial score (nSPS) is 13.2. The van der Waals surface area contributed by atoms with E-state index >= 15 is 0 Å². The number of allylic oxidation sites excluding steroid dienone is 2. The summed E-state index contributed by atoms with van der Waals surface area (Å²) in [5.74, 6) is 0.447. The second-order valence-corrected chi connectivity index (χ2v) is 6.21. The summed E-state index contributed by atoms with van der Waals surface area (Å²) in [7, 11) is 0. The molecule has 0 saturated heterocycles. The molecule has 0 aliphatic carbocycles. The van der Waals surface area contributed by atoms with E-state index in [1.165, 1.54) is 20.9 Å². The van der Waals surface area contributed by atoms with Gasteiger partial charge in [-0.15, -0.1) is 0 Å². The van der Waals surface area contributed by atoms with Gasteiger partial charge in [0.25, 0.3) is 0 Å². The molecule has 0 aliphatic rings. The highest BCUT2D eigenvalue weighted by atomic mass is 32.2. The molecule has 20 heavy (non-hydrogen) atoms. The van der Waals surface area contributed by atoms with Crippen LogP contribution in [0.3, 0.4) is 0 Å². The van der Waals surface area contributed by atoms with Crippen molar-refractivity contribution in [2.24, 2.45) is 0 Å². The standard InChI is InChI=1S/C19H22S/c1-4-8-19(16(3)17-9-6-5-7-10-17)20-18-13-11-15(2)12-14-18/h5-14,16H,4H2,1-3H3/b19-8-/t16-/m1/s1. The molecule has 1 heteroatoms. The highest BCUT2D eigenvalue weighted by Crippen LogP contribution is 2.37. The summed E-state index contributed by atoms with van der Waals surface area (Å²) in [5.41, 5.74) is 2.69. The van der Waals surface area contributed by atoms with Crippen molar-refractivity contribution in [1.82, 2.24) is 0 Å². The van der Waals surface area contributed by atoms with Gasteiger partial charge in [-0.3, -0.25) is 0 Å². The van der Waals surface area contributed by atoms with Gasteiger partial charge in [0.2, 0.25) is 0 Å². The SMILES string of the molecule is CC/C=C(\Sc1ccc(C)cc1)[C@H](C)c1ccccc1. The first kappa shape index (κ1) is 14.9. The highest BCUT2D eigenvalue weighted by Gasteiger charge is 2.12.